The molecule has 2 aromatic heterocycles. The molecule has 0 saturated carbocycles. The molecule has 0 bridgehead atoms. The molecular weight excluding hydrogens is 671 g/mol. The highest BCUT2D eigenvalue weighted by molar-refractivity contribution is 6.20. The van der Waals surface area contributed by atoms with Gasteiger partial charge in [-0.05, 0) is 66.0 Å². The second-order valence-electron chi connectivity index (χ2n) is 13.8. The van der Waals surface area contributed by atoms with Crippen molar-refractivity contribution in [3.05, 3.63) is 205 Å². The van der Waals surface area contributed by atoms with Crippen molar-refractivity contribution in [1.29, 1.82) is 0 Å². The van der Waals surface area contributed by atoms with Gasteiger partial charge in [-0.3, -0.25) is 5.32 Å². The molecule has 0 aliphatic heterocycles. The number of fused-ring (bicyclic) bond motifs is 7. The lowest BCUT2D eigenvalue weighted by Gasteiger charge is -2.16. The van der Waals surface area contributed by atoms with Crippen LogP contribution in [0.1, 0.15) is 22.9 Å². The van der Waals surface area contributed by atoms with Crippen molar-refractivity contribution < 1.29 is 0 Å². The molecule has 0 aliphatic carbocycles. The summed E-state index contributed by atoms with van der Waals surface area (Å²) in [5.74, 6) is 0.658. The summed E-state index contributed by atoms with van der Waals surface area (Å²) in [7, 11) is 1.94. The van der Waals surface area contributed by atoms with Gasteiger partial charge in [0.05, 0.1) is 27.8 Å². The van der Waals surface area contributed by atoms with Gasteiger partial charge in [0.15, 0.2) is 5.84 Å². The van der Waals surface area contributed by atoms with Crippen LogP contribution >= 0.6 is 0 Å². The molecule has 262 valence electrons. The van der Waals surface area contributed by atoms with Crippen LogP contribution in [0.15, 0.2) is 198 Å². The third kappa shape index (κ3) is 5.61. The molecule has 5 nitrogen and oxygen atoms in total. The smallest absolute Gasteiger partial charge is 0.157 e. The normalized spacial score (nSPS) is 12.9. The number of nitrogens with zero attached hydrogens (tertiary/aromatic N) is 4. The van der Waals surface area contributed by atoms with Gasteiger partial charge < -0.3 is 9.13 Å². The van der Waals surface area contributed by atoms with Crippen LogP contribution in [-0.4, -0.2) is 28.2 Å². The number of aliphatic imine (C=N–C) groups is 2. The molecule has 55 heavy (non-hydrogen) atoms. The van der Waals surface area contributed by atoms with Gasteiger partial charge >= 0.3 is 0 Å². The monoisotopic (exact) mass is 707 g/mol. The van der Waals surface area contributed by atoms with Crippen LogP contribution in [0.2, 0.25) is 0 Å². The molecule has 1 unspecified atom stereocenters. The molecule has 0 aliphatic rings. The van der Waals surface area contributed by atoms with Crippen molar-refractivity contribution in [2.75, 3.05) is 7.05 Å². The van der Waals surface area contributed by atoms with E-state index >= 15 is 0 Å². The number of benzene rings is 8. The minimum absolute atomic E-state index is 0.279. The number of hydrogen-bond donors (Lipinski definition) is 1. The standard InChI is InChI=1S/C50H37N5/c1-51-49(35-19-7-3-8-20-35)53-50(52-33-34-17-5-2-6-18-34)41-27-15-26-38-37(41)25-16-30-46(38)55-45-29-14-12-24-40(45)43-31-42-39-23-11-13-28-44(39)54(47(42)32-48(43)55)36-21-9-4-10-22-36/h2-33,49,51H,1H3/b52-33+,53-50-. The van der Waals surface area contributed by atoms with Gasteiger partial charge in [0.25, 0.3) is 0 Å². The van der Waals surface area contributed by atoms with E-state index in [0.29, 0.717) is 5.84 Å². The van der Waals surface area contributed by atoms with Crippen LogP contribution < -0.4 is 5.32 Å². The number of aromatic nitrogens is 2. The quantitative estimate of drug-likeness (QED) is 0.130. The number of nitrogens with one attached hydrogen (secondary N) is 1. The predicted octanol–water partition coefficient (Wildman–Crippen LogP) is 11.8. The fourth-order valence-electron chi connectivity index (χ4n) is 8.14. The zero-order valence-corrected chi connectivity index (χ0v) is 30.3. The van der Waals surface area contributed by atoms with Gasteiger partial charge in [0, 0.05) is 44.4 Å². The molecular formula is C50H37N5. The number of rotatable bonds is 7. The SMILES string of the molecule is CNC(/N=C(\N=C\c1ccccc1)c1cccc2c(-n3c4ccccc4c4cc5c6ccccc6n(-c6ccccc6)c5cc43)cccc12)c1ccccc1. The second-order valence-corrected chi connectivity index (χ2v) is 13.8. The minimum Gasteiger partial charge on any atom is -0.309 e. The fourth-order valence-corrected chi connectivity index (χ4v) is 8.14. The summed E-state index contributed by atoms with van der Waals surface area (Å²) in [6.45, 7) is 0. The zero-order chi connectivity index (χ0) is 36.7. The molecule has 0 fully saturated rings. The third-order valence-electron chi connectivity index (χ3n) is 10.6. The first kappa shape index (κ1) is 32.6. The number of amidine groups is 1. The molecule has 10 rings (SSSR count). The average Bonchev–Trinajstić information content (AvgIpc) is 3.75. The van der Waals surface area contributed by atoms with E-state index in [4.69, 9.17) is 9.98 Å². The molecule has 0 amide bonds. The molecule has 8 aromatic carbocycles. The lowest BCUT2D eigenvalue weighted by Crippen LogP contribution is -2.16. The Morgan fingerprint density at radius 1 is 0.491 bits per heavy atom. The molecule has 1 atom stereocenters. The molecule has 2 heterocycles. The highest BCUT2D eigenvalue weighted by Gasteiger charge is 2.20. The molecule has 0 saturated heterocycles. The number of hydrogen-bond acceptors (Lipinski definition) is 2. The molecule has 1 N–H and O–H groups in total. The van der Waals surface area contributed by atoms with Crippen molar-refractivity contribution >= 4 is 66.4 Å². The van der Waals surface area contributed by atoms with E-state index < -0.39 is 0 Å². The lowest BCUT2D eigenvalue weighted by atomic mass is 10.0. The van der Waals surface area contributed by atoms with Crippen LogP contribution in [0.5, 0.6) is 0 Å². The van der Waals surface area contributed by atoms with Crippen LogP contribution in [-0.2, 0) is 0 Å². The van der Waals surface area contributed by atoms with Crippen molar-refractivity contribution in [2.24, 2.45) is 9.98 Å². The Bertz CT molecular complexity index is 3060. The van der Waals surface area contributed by atoms with E-state index in [1.54, 1.807) is 0 Å². The lowest BCUT2D eigenvalue weighted by molar-refractivity contribution is 0.625. The van der Waals surface area contributed by atoms with Gasteiger partial charge in [0.1, 0.15) is 6.17 Å². The van der Waals surface area contributed by atoms with E-state index in [1.807, 2.05) is 49.7 Å². The van der Waals surface area contributed by atoms with Crippen molar-refractivity contribution in [2.45, 2.75) is 6.17 Å². The summed E-state index contributed by atoms with van der Waals surface area (Å²) in [6, 6.07) is 66.5. The largest absolute Gasteiger partial charge is 0.309 e. The zero-order valence-electron chi connectivity index (χ0n) is 30.3. The summed E-state index contributed by atoms with van der Waals surface area (Å²) < 4.78 is 4.83. The summed E-state index contributed by atoms with van der Waals surface area (Å²) in [5, 5.41) is 10.5. The minimum atomic E-state index is -0.279. The Morgan fingerprint density at radius 2 is 1.05 bits per heavy atom. The Labute approximate surface area is 319 Å². The van der Waals surface area contributed by atoms with Gasteiger partial charge in [-0.1, -0.05) is 146 Å². The molecule has 10 aromatic rings. The van der Waals surface area contributed by atoms with E-state index in [9.17, 15) is 0 Å². The topological polar surface area (TPSA) is 46.6 Å². The van der Waals surface area contributed by atoms with E-state index in [0.717, 1.165) is 49.9 Å². The van der Waals surface area contributed by atoms with E-state index in [-0.39, 0.29) is 6.17 Å². The van der Waals surface area contributed by atoms with Crippen molar-refractivity contribution in [3.8, 4) is 11.4 Å². The van der Waals surface area contributed by atoms with Gasteiger partial charge in [-0.15, -0.1) is 0 Å². The fraction of sp³-hybridized carbons (Fsp3) is 0.0400. The number of para-hydroxylation sites is 3. The van der Waals surface area contributed by atoms with E-state index in [1.165, 1.54) is 32.6 Å². The van der Waals surface area contributed by atoms with Gasteiger partial charge in [-0.25, -0.2) is 9.98 Å². The Balaban J connectivity index is 1.23. The first-order valence-corrected chi connectivity index (χ1v) is 18.7. The summed E-state index contributed by atoms with van der Waals surface area (Å²) in [5.41, 5.74) is 9.99. The average molecular weight is 708 g/mol. The van der Waals surface area contributed by atoms with Crippen molar-refractivity contribution in [3.63, 3.8) is 0 Å². The Hall–Kier alpha value is -7.08. The molecule has 0 radical (unpaired) electrons. The van der Waals surface area contributed by atoms with E-state index in [2.05, 4.69) is 166 Å². The first-order chi connectivity index (χ1) is 27.3. The van der Waals surface area contributed by atoms with Gasteiger partial charge in [-0.2, -0.15) is 0 Å². The Kier molecular flexibility index (Phi) is 8.12. The highest BCUT2D eigenvalue weighted by Crippen LogP contribution is 2.41. The molecule has 5 heteroatoms. The maximum atomic E-state index is 5.28. The first-order valence-electron chi connectivity index (χ1n) is 18.7. The van der Waals surface area contributed by atoms with Crippen molar-refractivity contribution in [1.82, 2.24) is 14.5 Å². The van der Waals surface area contributed by atoms with Crippen LogP contribution in [0.25, 0.3) is 65.8 Å². The summed E-state index contributed by atoms with van der Waals surface area (Å²) >= 11 is 0. The highest BCUT2D eigenvalue weighted by atomic mass is 15.1. The maximum Gasteiger partial charge on any atom is 0.157 e. The van der Waals surface area contributed by atoms with Crippen LogP contribution in [0.4, 0.5) is 0 Å². The summed E-state index contributed by atoms with van der Waals surface area (Å²) in [4.78, 5) is 10.4. The third-order valence-corrected chi connectivity index (χ3v) is 10.6. The second kappa shape index (κ2) is 13.7. The predicted molar refractivity (Wildman–Crippen MR) is 231 cm³/mol. The Morgan fingerprint density at radius 3 is 1.76 bits per heavy atom. The molecule has 0 spiro atoms. The van der Waals surface area contributed by atoms with Crippen LogP contribution in [0, 0.1) is 0 Å². The van der Waals surface area contributed by atoms with Gasteiger partial charge in [0.2, 0.25) is 0 Å². The maximum absolute atomic E-state index is 5.28. The van der Waals surface area contributed by atoms with Crippen LogP contribution in [0.3, 0.4) is 0 Å². The summed E-state index contributed by atoms with van der Waals surface area (Å²) in [6.07, 6.45) is 1.63.